The van der Waals surface area contributed by atoms with Crippen molar-refractivity contribution in [3.05, 3.63) is 51.8 Å². The summed E-state index contributed by atoms with van der Waals surface area (Å²) in [5.41, 5.74) is -0.388. The average Bonchev–Trinajstić information content (AvgIpc) is 2.45. The van der Waals surface area contributed by atoms with Gasteiger partial charge in [-0.05, 0) is 24.3 Å². The number of aromatic nitrogens is 2. The molecule has 1 atom stereocenters. The molecule has 1 unspecified atom stereocenters. The van der Waals surface area contributed by atoms with Gasteiger partial charge in [-0.3, -0.25) is 4.79 Å². The third-order valence-corrected chi connectivity index (χ3v) is 2.72. The Bertz CT molecular complexity index is 627. The van der Waals surface area contributed by atoms with Crippen molar-refractivity contribution in [1.29, 1.82) is 0 Å². The molecule has 7 heteroatoms. The van der Waals surface area contributed by atoms with Crippen LogP contribution in [-0.2, 0) is 6.54 Å². The van der Waals surface area contributed by atoms with Crippen LogP contribution in [0.25, 0.3) is 0 Å². The van der Waals surface area contributed by atoms with E-state index in [4.69, 9.17) is 21.4 Å². The fraction of sp³-hybridized carbons (Fsp3) is 0.231. The first-order chi connectivity index (χ1) is 9.58. The molecule has 6 nitrogen and oxygen atoms in total. The van der Waals surface area contributed by atoms with E-state index in [2.05, 4.69) is 5.10 Å². The summed E-state index contributed by atoms with van der Waals surface area (Å²) in [5, 5.41) is 22.7. The molecule has 2 N–H and O–H groups in total. The van der Waals surface area contributed by atoms with Crippen molar-refractivity contribution in [2.75, 3.05) is 6.61 Å². The summed E-state index contributed by atoms with van der Waals surface area (Å²) in [6.45, 7) is -0.552. The van der Waals surface area contributed by atoms with Crippen LogP contribution in [0.2, 0.25) is 5.02 Å². The van der Waals surface area contributed by atoms with E-state index in [1.54, 1.807) is 24.3 Å². The van der Waals surface area contributed by atoms with Crippen molar-refractivity contribution in [1.82, 2.24) is 9.78 Å². The number of aliphatic hydroxyl groups is 2. The van der Waals surface area contributed by atoms with E-state index in [0.717, 1.165) is 4.68 Å². The van der Waals surface area contributed by atoms with Gasteiger partial charge in [0, 0.05) is 17.2 Å². The normalized spacial score (nSPS) is 12.2. The van der Waals surface area contributed by atoms with Crippen molar-refractivity contribution in [2.45, 2.75) is 12.6 Å². The van der Waals surface area contributed by atoms with Gasteiger partial charge in [-0.15, -0.1) is 5.10 Å². The molecular formula is C13H13ClN2O4. The molecule has 0 aliphatic rings. The zero-order valence-electron chi connectivity index (χ0n) is 10.4. The lowest BCUT2D eigenvalue weighted by Gasteiger charge is -2.10. The number of hydrogen-bond acceptors (Lipinski definition) is 5. The quantitative estimate of drug-likeness (QED) is 0.861. The molecule has 0 aliphatic carbocycles. The fourth-order valence-electron chi connectivity index (χ4n) is 1.50. The topological polar surface area (TPSA) is 84.6 Å². The van der Waals surface area contributed by atoms with Crippen molar-refractivity contribution in [2.24, 2.45) is 0 Å². The van der Waals surface area contributed by atoms with Gasteiger partial charge in [0.25, 0.3) is 5.56 Å². The maximum atomic E-state index is 11.6. The SMILES string of the molecule is O=c1ccc(Oc2ccc(Cl)cc2)nn1CC(O)CO. The van der Waals surface area contributed by atoms with Crippen LogP contribution < -0.4 is 10.3 Å². The fourth-order valence-corrected chi connectivity index (χ4v) is 1.62. The zero-order chi connectivity index (χ0) is 14.5. The molecular weight excluding hydrogens is 284 g/mol. The third-order valence-electron chi connectivity index (χ3n) is 2.47. The molecule has 0 saturated carbocycles. The average molecular weight is 297 g/mol. The molecule has 1 heterocycles. The largest absolute Gasteiger partial charge is 0.438 e. The minimum absolute atomic E-state index is 0.104. The smallest absolute Gasteiger partial charge is 0.267 e. The molecule has 0 spiro atoms. The van der Waals surface area contributed by atoms with Crippen LogP contribution in [0.15, 0.2) is 41.2 Å². The van der Waals surface area contributed by atoms with E-state index in [1.165, 1.54) is 12.1 Å². The predicted octanol–water partition coefficient (Wildman–Crippen LogP) is 1.04. The number of hydrogen-bond donors (Lipinski definition) is 2. The second kappa shape index (κ2) is 6.51. The summed E-state index contributed by atoms with van der Waals surface area (Å²) in [6, 6.07) is 9.38. The highest BCUT2D eigenvalue weighted by Gasteiger charge is 2.08. The molecule has 1 aromatic carbocycles. The monoisotopic (exact) mass is 296 g/mol. The molecule has 0 aliphatic heterocycles. The maximum Gasteiger partial charge on any atom is 0.267 e. The Morgan fingerprint density at radius 3 is 2.60 bits per heavy atom. The molecule has 0 fully saturated rings. The molecule has 1 aromatic heterocycles. The van der Waals surface area contributed by atoms with Crippen molar-refractivity contribution in [3.63, 3.8) is 0 Å². The van der Waals surface area contributed by atoms with Crippen LogP contribution in [0.4, 0.5) is 0 Å². The highest BCUT2D eigenvalue weighted by Crippen LogP contribution is 2.20. The van der Waals surface area contributed by atoms with Crippen molar-refractivity contribution < 1.29 is 14.9 Å². The van der Waals surface area contributed by atoms with Crippen LogP contribution in [0.5, 0.6) is 11.6 Å². The third kappa shape index (κ3) is 3.80. The minimum Gasteiger partial charge on any atom is -0.438 e. The van der Waals surface area contributed by atoms with E-state index in [0.29, 0.717) is 10.8 Å². The van der Waals surface area contributed by atoms with E-state index in [-0.39, 0.29) is 18.0 Å². The van der Waals surface area contributed by atoms with Crippen molar-refractivity contribution in [3.8, 4) is 11.6 Å². The van der Waals surface area contributed by atoms with Gasteiger partial charge in [-0.25, -0.2) is 4.68 Å². The second-order valence-electron chi connectivity index (χ2n) is 4.08. The Kier molecular flexibility index (Phi) is 4.73. The van der Waals surface area contributed by atoms with Gasteiger partial charge in [0.05, 0.1) is 19.3 Å². The summed E-state index contributed by atoms with van der Waals surface area (Å²) in [6.07, 6.45) is -1.05. The maximum absolute atomic E-state index is 11.6. The Balaban J connectivity index is 2.18. The standard InChI is InChI=1S/C13H13ClN2O4/c14-9-1-3-11(4-2-9)20-12-5-6-13(19)16(15-12)7-10(18)8-17/h1-6,10,17-18H,7-8H2. The second-order valence-corrected chi connectivity index (χ2v) is 4.52. The minimum atomic E-state index is -1.05. The van der Waals surface area contributed by atoms with Crippen LogP contribution >= 0.6 is 11.6 Å². The van der Waals surface area contributed by atoms with Crippen molar-refractivity contribution >= 4 is 11.6 Å². The molecule has 106 valence electrons. The molecule has 2 rings (SSSR count). The number of benzene rings is 1. The first kappa shape index (κ1) is 14.5. The van der Waals surface area contributed by atoms with E-state index in [1.807, 2.05) is 0 Å². The van der Waals surface area contributed by atoms with E-state index >= 15 is 0 Å². The lowest BCUT2D eigenvalue weighted by molar-refractivity contribution is 0.0765. The molecule has 0 saturated heterocycles. The van der Waals surface area contributed by atoms with Crippen LogP contribution in [0.3, 0.4) is 0 Å². The van der Waals surface area contributed by atoms with Gasteiger partial charge in [-0.1, -0.05) is 11.6 Å². The van der Waals surface area contributed by atoms with E-state index < -0.39 is 12.7 Å². The first-order valence-electron chi connectivity index (χ1n) is 5.89. The molecule has 0 radical (unpaired) electrons. The van der Waals surface area contributed by atoms with Gasteiger partial charge in [0.2, 0.25) is 5.88 Å². The highest BCUT2D eigenvalue weighted by atomic mass is 35.5. The summed E-state index contributed by atoms with van der Waals surface area (Å²) < 4.78 is 6.50. The Labute approximate surface area is 119 Å². The number of halogens is 1. The molecule has 0 bridgehead atoms. The molecule has 0 amide bonds. The summed E-state index contributed by atoms with van der Waals surface area (Å²) in [4.78, 5) is 11.6. The zero-order valence-corrected chi connectivity index (χ0v) is 11.2. The lowest BCUT2D eigenvalue weighted by atomic mass is 10.3. The van der Waals surface area contributed by atoms with Crippen LogP contribution in [-0.4, -0.2) is 32.7 Å². The van der Waals surface area contributed by atoms with Gasteiger partial charge < -0.3 is 14.9 Å². The van der Waals surface area contributed by atoms with Gasteiger partial charge in [0.15, 0.2) is 0 Å². The van der Waals surface area contributed by atoms with Gasteiger partial charge in [0.1, 0.15) is 5.75 Å². The van der Waals surface area contributed by atoms with Crippen LogP contribution in [0, 0.1) is 0 Å². The molecule has 20 heavy (non-hydrogen) atoms. The first-order valence-corrected chi connectivity index (χ1v) is 6.27. The summed E-state index contributed by atoms with van der Waals surface area (Å²) in [7, 11) is 0. The number of nitrogens with zero attached hydrogens (tertiary/aromatic N) is 2. The highest BCUT2D eigenvalue weighted by molar-refractivity contribution is 6.30. The Hall–Kier alpha value is -1.89. The van der Waals surface area contributed by atoms with E-state index in [9.17, 15) is 9.90 Å². The van der Waals surface area contributed by atoms with Gasteiger partial charge in [-0.2, -0.15) is 0 Å². The Morgan fingerprint density at radius 2 is 1.95 bits per heavy atom. The van der Waals surface area contributed by atoms with Crippen LogP contribution in [0.1, 0.15) is 0 Å². The predicted molar refractivity (Wildman–Crippen MR) is 73.1 cm³/mol. The lowest BCUT2D eigenvalue weighted by Crippen LogP contribution is -2.30. The number of rotatable bonds is 5. The number of aliphatic hydroxyl groups excluding tert-OH is 2. The number of ether oxygens (including phenoxy) is 1. The summed E-state index contributed by atoms with van der Waals surface area (Å²) >= 11 is 5.77. The Morgan fingerprint density at radius 1 is 1.25 bits per heavy atom. The summed E-state index contributed by atoms with van der Waals surface area (Å²) in [5.74, 6) is 0.729. The molecule has 2 aromatic rings. The van der Waals surface area contributed by atoms with Gasteiger partial charge >= 0.3 is 0 Å².